The molecule has 11 heteroatoms. The van der Waals surface area contributed by atoms with Crippen LogP contribution in [0.5, 0.6) is 0 Å². The van der Waals surface area contributed by atoms with Crippen LogP contribution in [0.1, 0.15) is 78.0 Å². The number of ether oxygens (including phenoxy) is 1. The second-order valence-corrected chi connectivity index (χ2v) is 12.0. The number of piperidine rings is 1. The van der Waals surface area contributed by atoms with Crippen LogP contribution >= 0.6 is 0 Å². The quantitative estimate of drug-likeness (QED) is 0.463. The minimum absolute atomic E-state index is 0.108. The van der Waals surface area contributed by atoms with E-state index in [0.717, 1.165) is 38.5 Å². The van der Waals surface area contributed by atoms with Crippen LogP contribution in [0.25, 0.3) is 0 Å². The van der Waals surface area contributed by atoms with Gasteiger partial charge < -0.3 is 30.1 Å². The minimum atomic E-state index is -0.790. The number of likely N-dealkylation sites (tertiary alicyclic amines) is 1. The van der Waals surface area contributed by atoms with Crippen LogP contribution in [0.3, 0.4) is 0 Å². The summed E-state index contributed by atoms with van der Waals surface area (Å²) >= 11 is 0. The zero-order valence-corrected chi connectivity index (χ0v) is 24.3. The summed E-state index contributed by atoms with van der Waals surface area (Å²) in [6.07, 6.45) is 6.55. The van der Waals surface area contributed by atoms with Gasteiger partial charge in [0, 0.05) is 43.9 Å². The molecule has 42 heavy (non-hydrogen) atoms. The lowest BCUT2D eigenvalue weighted by atomic mass is 9.82. The van der Waals surface area contributed by atoms with Crippen molar-refractivity contribution in [3.05, 3.63) is 53.2 Å². The van der Waals surface area contributed by atoms with Crippen LogP contribution in [0.4, 0.5) is 4.39 Å². The van der Waals surface area contributed by atoms with Crippen LogP contribution in [0.15, 0.2) is 34.9 Å². The summed E-state index contributed by atoms with van der Waals surface area (Å²) in [6.45, 7) is 4.23. The monoisotopic (exact) mass is 583 g/mol. The lowest BCUT2D eigenvalue weighted by Gasteiger charge is -2.43. The fourth-order valence-electron chi connectivity index (χ4n) is 6.53. The number of hydrogen-bond acceptors (Lipinski definition) is 7. The molecule has 228 valence electrons. The Labute approximate surface area is 246 Å². The summed E-state index contributed by atoms with van der Waals surface area (Å²) in [7, 11) is 0. The van der Waals surface area contributed by atoms with Crippen molar-refractivity contribution in [1.29, 1.82) is 0 Å². The van der Waals surface area contributed by atoms with Crippen molar-refractivity contribution in [1.82, 2.24) is 20.3 Å². The number of nitrogens with zero attached hydrogens (tertiary/aromatic N) is 3. The number of aromatic nitrogens is 1. The molecule has 3 atom stereocenters. The van der Waals surface area contributed by atoms with E-state index in [1.807, 2.05) is 0 Å². The number of halogens is 1. The van der Waals surface area contributed by atoms with Gasteiger partial charge in [-0.25, -0.2) is 4.39 Å². The molecule has 2 aliphatic heterocycles. The highest BCUT2D eigenvalue weighted by molar-refractivity contribution is 5.97. The Bertz CT molecular complexity index is 1220. The molecule has 1 aliphatic carbocycles. The van der Waals surface area contributed by atoms with Crippen molar-refractivity contribution in [2.45, 2.75) is 76.5 Å². The van der Waals surface area contributed by atoms with Crippen molar-refractivity contribution in [2.75, 3.05) is 32.8 Å². The van der Waals surface area contributed by atoms with E-state index >= 15 is 0 Å². The molecule has 3 aliphatic rings. The first-order valence-electron chi connectivity index (χ1n) is 15.2. The third kappa shape index (κ3) is 7.18. The second-order valence-electron chi connectivity index (χ2n) is 12.0. The fourth-order valence-corrected chi connectivity index (χ4v) is 6.53. The van der Waals surface area contributed by atoms with E-state index < -0.39 is 11.9 Å². The van der Waals surface area contributed by atoms with E-state index in [9.17, 15) is 18.8 Å². The molecule has 1 aromatic heterocycles. The van der Waals surface area contributed by atoms with Crippen molar-refractivity contribution < 1.29 is 28.0 Å². The van der Waals surface area contributed by atoms with Crippen LogP contribution < -0.4 is 11.1 Å². The Hall–Kier alpha value is -3.31. The van der Waals surface area contributed by atoms with Crippen LogP contribution in [-0.4, -0.2) is 83.7 Å². The molecule has 0 radical (unpaired) electrons. The first-order chi connectivity index (χ1) is 20.3. The zero-order valence-electron chi connectivity index (χ0n) is 24.3. The first-order valence-corrected chi connectivity index (χ1v) is 15.2. The molecular formula is C31H42FN5O5. The third-order valence-corrected chi connectivity index (χ3v) is 9.07. The number of carbonyl (C=O) groups is 3. The van der Waals surface area contributed by atoms with Gasteiger partial charge in [0.15, 0.2) is 5.69 Å². The molecule has 2 saturated heterocycles. The number of benzene rings is 1. The van der Waals surface area contributed by atoms with Gasteiger partial charge in [0.2, 0.25) is 5.91 Å². The summed E-state index contributed by atoms with van der Waals surface area (Å²) in [5, 5.41) is 7.02. The lowest BCUT2D eigenvalue weighted by Crippen LogP contribution is -2.59. The Morgan fingerprint density at radius 3 is 2.48 bits per heavy atom. The van der Waals surface area contributed by atoms with Gasteiger partial charge in [-0.3, -0.25) is 14.4 Å². The van der Waals surface area contributed by atoms with Gasteiger partial charge in [0.25, 0.3) is 11.8 Å². The summed E-state index contributed by atoms with van der Waals surface area (Å²) in [4.78, 5) is 44.4. The fraction of sp³-hybridized carbons (Fsp3) is 0.613. The molecule has 0 spiro atoms. The minimum Gasteiger partial charge on any atom is -0.376 e. The standard InChI is InChI=1S/C31H42FN5O5/c1-20-15-27(35-42-20)31(40)36-13-12-25(16-28(36)29(38)34-18-22-6-4-21(17-33)5-7-22)37(19-26-3-2-14-41-26)30(39)23-8-10-24(32)11-9-23/h8-11,15,21-22,25-26,28H,2-7,12-14,16-19,33H2,1H3,(H,34,38)/t21?,22?,25?,26?,28-/m1/s1. The molecule has 3 heterocycles. The summed E-state index contributed by atoms with van der Waals surface area (Å²) in [5.41, 5.74) is 6.37. The van der Waals surface area contributed by atoms with E-state index in [1.54, 1.807) is 22.8 Å². The van der Waals surface area contributed by atoms with Crippen molar-refractivity contribution in [3.8, 4) is 0 Å². The first kappa shape index (κ1) is 30.2. The van der Waals surface area contributed by atoms with E-state index in [4.69, 9.17) is 15.0 Å². The van der Waals surface area contributed by atoms with Gasteiger partial charge in [-0.15, -0.1) is 0 Å². The molecule has 3 amide bonds. The summed E-state index contributed by atoms with van der Waals surface area (Å²) in [5.74, 6) is 0.164. The van der Waals surface area contributed by atoms with E-state index in [1.165, 1.54) is 24.3 Å². The molecule has 2 aromatic rings. The van der Waals surface area contributed by atoms with E-state index in [2.05, 4.69) is 10.5 Å². The number of rotatable bonds is 9. The van der Waals surface area contributed by atoms with Gasteiger partial charge in [-0.05, 0) is 101 Å². The van der Waals surface area contributed by atoms with Crippen molar-refractivity contribution in [2.24, 2.45) is 17.6 Å². The lowest BCUT2D eigenvalue weighted by molar-refractivity contribution is -0.127. The van der Waals surface area contributed by atoms with Crippen LogP contribution in [0.2, 0.25) is 0 Å². The molecule has 2 unspecified atom stereocenters. The molecule has 10 nitrogen and oxygen atoms in total. The highest BCUT2D eigenvalue weighted by Crippen LogP contribution is 2.29. The van der Waals surface area contributed by atoms with Gasteiger partial charge in [0.1, 0.15) is 17.6 Å². The number of amides is 3. The topological polar surface area (TPSA) is 131 Å². The van der Waals surface area contributed by atoms with Gasteiger partial charge >= 0.3 is 0 Å². The van der Waals surface area contributed by atoms with Crippen molar-refractivity contribution >= 4 is 17.7 Å². The van der Waals surface area contributed by atoms with Crippen molar-refractivity contribution in [3.63, 3.8) is 0 Å². The number of aryl methyl sites for hydroxylation is 1. The van der Waals surface area contributed by atoms with Crippen LogP contribution in [0, 0.1) is 24.6 Å². The maximum atomic E-state index is 13.8. The predicted octanol–water partition coefficient (Wildman–Crippen LogP) is 3.30. The molecular weight excluding hydrogens is 541 g/mol. The van der Waals surface area contributed by atoms with Gasteiger partial charge in [-0.2, -0.15) is 0 Å². The Balaban J connectivity index is 1.35. The maximum absolute atomic E-state index is 13.8. The van der Waals surface area contributed by atoms with Crippen LogP contribution in [-0.2, 0) is 9.53 Å². The molecule has 1 saturated carbocycles. The Morgan fingerprint density at radius 2 is 1.83 bits per heavy atom. The normalized spacial score (nSPS) is 26.2. The largest absolute Gasteiger partial charge is 0.376 e. The molecule has 3 N–H and O–H groups in total. The third-order valence-electron chi connectivity index (χ3n) is 9.07. The average molecular weight is 584 g/mol. The molecule has 5 rings (SSSR count). The number of nitrogens with one attached hydrogen (secondary N) is 1. The Kier molecular flexibility index (Phi) is 9.89. The number of nitrogens with two attached hydrogens (primary N) is 1. The van der Waals surface area contributed by atoms with E-state index in [-0.39, 0.29) is 48.5 Å². The second kappa shape index (κ2) is 13.8. The maximum Gasteiger partial charge on any atom is 0.276 e. The smallest absolute Gasteiger partial charge is 0.276 e. The Morgan fingerprint density at radius 1 is 1.10 bits per heavy atom. The molecule has 3 fully saturated rings. The number of carbonyl (C=O) groups excluding carboxylic acids is 3. The summed E-state index contributed by atoms with van der Waals surface area (Å²) in [6, 6.07) is 5.98. The number of hydrogen-bond donors (Lipinski definition) is 2. The average Bonchev–Trinajstić information content (AvgIpc) is 3.70. The molecule has 1 aromatic carbocycles. The predicted molar refractivity (Wildman–Crippen MR) is 153 cm³/mol. The van der Waals surface area contributed by atoms with Gasteiger partial charge in [0.05, 0.1) is 6.10 Å². The SMILES string of the molecule is Cc1cc(C(=O)N2CCC(N(CC3CCCO3)C(=O)c3ccc(F)cc3)C[C@@H]2C(=O)NCC2CCC(CN)CC2)no1. The zero-order chi connectivity index (χ0) is 29.6. The molecule has 0 bridgehead atoms. The highest BCUT2D eigenvalue weighted by Gasteiger charge is 2.41. The highest BCUT2D eigenvalue weighted by atomic mass is 19.1. The summed E-state index contributed by atoms with van der Waals surface area (Å²) < 4.78 is 24.6. The van der Waals surface area contributed by atoms with E-state index in [0.29, 0.717) is 55.8 Å². The van der Waals surface area contributed by atoms with Gasteiger partial charge in [-0.1, -0.05) is 5.16 Å².